The van der Waals surface area contributed by atoms with E-state index in [1.54, 1.807) is 18.2 Å². The first-order chi connectivity index (χ1) is 7.24. The molecule has 15 heavy (non-hydrogen) atoms. The zero-order valence-corrected chi connectivity index (χ0v) is 8.37. The average Bonchev–Trinajstić information content (AvgIpc) is 2.63. The molecule has 78 valence electrons. The number of para-hydroxylation sites is 1. The van der Waals surface area contributed by atoms with Crippen LogP contribution < -0.4 is 0 Å². The van der Waals surface area contributed by atoms with Crippen LogP contribution in [0.5, 0.6) is 0 Å². The van der Waals surface area contributed by atoms with Gasteiger partial charge in [0.25, 0.3) is 0 Å². The number of ether oxygens (including phenoxy) is 1. The molecule has 0 aliphatic heterocycles. The minimum Gasteiger partial charge on any atom is -0.433 e. The maximum Gasteiger partial charge on any atom is 0.419 e. The molecule has 0 saturated heterocycles. The van der Waals surface area contributed by atoms with Crippen LogP contribution in [-0.2, 0) is 4.74 Å². The van der Waals surface area contributed by atoms with E-state index in [2.05, 4.69) is 4.74 Å². The van der Waals surface area contributed by atoms with Gasteiger partial charge >= 0.3 is 6.09 Å². The highest BCUT2D eigenvalue weighted by atomic mass is 35.5. The molecule has 0 saturated carbocycles. The van der Waals surface area contributed by atoms with Crippen LogP contribution in [-0.4, -0.2) is 16.7 Å². The molecule has 1 aromatic heterocycles. The van der Waals surface area contributed by atoms with E-state index in [1.165, 1.54) is 12.3 Å². The lowest BCUT2D eigenvalue weighted by Crippen LogP contribution is -2.12. The number of carbonyl (C=O) groups is 1. The van der Waals surface area contributed by atoms with Gasteiger partial charge in [0.15, 0.2) is 6.07 Å². The Morgan fingerprint density at radius 2 is 2.27 bits per heavy atom. The van der Waals surface area contributed by atoms with Crippen molar-refractivity contribution in [1.29, 1.82) is 0 Å². The van der Waals surface area contributed by atoms with E-state index < -0.39 is 11.9 Å². The highest BCUT2D eigenvalue weighted by Gasteiger charge is 2.12. The minimum atomic E-state index is -0.690. The predicted octanol–water partition coefficient (Wildman–Crippen LogP) is 2.96. The summed E-state index contributed by atoms with van der Waals surface area (Å²) >= 11 is 5.25. The van der Waals surface area contributed by atoms with Crippen molar-refractivity contribution in [2.45, 2.75) is 0 Å². The molecule has 0 radical (unpaired) electrons. The Balaban J connectivity index is 2.57. The zero-order chi connectivity index (χ0) is 10.8. The number of alkyl halides is 1. The van der Waals surface area contributed by atoms with E-state index in [4.69, 9.17) is 11.6 Å². The summed E-state index contributed by atoms with van der Waals surface area (Å²) in [5.41, 5.74) is 0.201. The molecule has 1 aromatic carbocycles. The molecular formula is C10H7ClFNO2. The summed E-state index contributed by atoms with van der Waals surface area (Å²) in [4.78, 5) is 11.4. The normalized spacial score (nSPS) is 10.5. The molecule has 0 fully saturated rings. The third-order valence-corrected chi connectivity index (χ3v) is 2.15. The van der Waals surface area contributed by atoms with Gasteiger partial charge in [0.1, 0.15) is 5.82 Å². The van der Waals surface area contributed by atoms with Crippen LogP contribution in [0.4, 0.5) is 9.18 Å². The van der Waals surface area contributed by atoms with E-state index in [9.17, 15) is 9.18 Å². The Labute approximate surface area is 90.0 Å². The molecule has 0 bridgehead atoms. The Bertz CT molecular complexity index is 509. The van der Waals surface area contributed by atoms with Crippen LogP contribution in [0.3, 0.4) is 0 Å². The number of hydrogen-bond acceptors (Lipinski definition) is 2. The molecular weight excluding hydrogens is 221 g/mol. The second-order valence-corrected chi connectivity index (χ2v) is 3.10. The fourth-order valence-corrected chi connectivity index (χ4v) is 1.51. The second kappa shape index (κ2) is 3.90. The van der Waals surface area contributed by atoms with Gasteiger partial charge in [-0.2, -0.15) is 0 Å². The van der Waals surface area contributed by atoms with Gasteiger partial charge in [-0.05, 0) is 12.1 Å². The molecule has 0 aliphatic rings. The van der Waals surface area contributed by atoms with Gasteiger partial charge in [0, 0.05) is 11.6 Å². The van der Waals surface area contributed by atoms with Crippen LogP contribution in [0.1, 0.15) is 0 Å². The molecule has 1 heterocycles. The largest absolute Gasteiger partial charge is 0.433 e. The Hall–Kier alpha value is -1.55. The molecule has 0 unspecified atom stereocenters. The lowest BCUT2D eigenvalue weighted by molar-refractivity contribution is 0.167. The predicted molar refractivity (Wildman–Crippen MR) is 54.5 cm³/mol. The highest BCUT2D eigenvalue weighted by molar-refractivity contribution is 6.17. The van der Waals surface area contributed by atoms with Crippen LogP contribution in [0.25, 0.3) is 10.9 Å². The van der Waals surface area contributed by atoms with Crippen molar-refractivity contribution in [2.24, 2.45) is 0 Å². The van der Waals surface area contributed by atoms with E-state index in [1.807, 2.05) is 0 Å². The van der Waals surface area contributed by atoms with Crippen molar-refractivity contribution < 1.29 is 13.9 Å². The Kier molecular flexibility index (Phi) is 2.60. The van der Waals surface area contributed by atoms with Crippen LogP contribution >= 0.6 is 11.6 Å². The van der Waals surface area contributed by atoms with Crippen LogP contribution in [0.15, 0.2) is 30.5 Å². The van der Waals surface area contributed by atoms with Crippen molar-refractivity contribution in [2.75, 3.05) is 6.07 Å². The molecule has 2 rings (SSSR count). The quantitative estimate of drug-likeness (QED) is 0.702. The second-order valence-electron chi connectivity index (χ2n) is 2.88. The molecule has 3 nitrogen and oxygen atoms in total. The Morgan fingerprint density at radius 1 is 1.47 bits per heavy atom. The molecule has 0 atom stereocenters. The van der Waals surface area contributed by atoms with Gasteiger partial charge in [-0.3, -0.25) is 0 Å². The summed E-state index contributed by atoms with van der Waals surface area (Å²) in [6, 6.07) is 5.95. The van der Waals surface area contributed by atoms with Crippen molar-refractivity contribution in [3.05, 3.63) is 36.3 Å². The molecule has 0 amide bonds. The number of nitrogens with zero attached hydrogens (tertiary/aromatic N) is 1. The number of aromatic nitrogens is 1. The third-order valence-electron chi connectivity index (χ3n) is 2.04. The first-order valence-electron chi connectivity index (χ1n) is 4.22. The van der Waals surface area contributed by atoms with Crippen LogP contribution in [0.2, 0.25) is 0 Å². The summed E-state index contributed by atoms with van der Waals surface area (Å²) in [6.45, 7) is 0. The van der Waals surface area contributed by atoms with Gasteiger partial charge < -0.3 is 4.74 Å². The van der Waals surface area contributed by atoms with Crippen LogP contribution in [0, 0.1) is 5.82 Å². The monoisotopic (exact) mass is 227 g/mol. The zero-order valence-electron chi connectivity index (χ0n) is 7.61. The van der Waals surface area contributed by atoms with Gasteiger partial charge in [-0.15, -0.1) is 0 Å². The topological polar surface area (TPSA) is 31.2 Å². The summed E-state index contributed by atoms with van der Waals surface area (Å²) in [6.07, 6.45) is 0.757. The van der Waals surface area contributed by atoms with Crippen molar-refractivity contribution in [3.8, 4) is 0 Å². The van der Waals surface area contributed by atoms with E-state index >= 15 is 0 Å². The van der Waals surface area contributed by atoms with Gasteiger partial charge in [0.05, 0.1) is 5.52 Å². The highest BCUT2D eigenvalue weighted by Crippen LogP contribution is 2.19. The first kappa shape index (κ1) is 9.98. The molecule has 0 N–H and O–H groups in total. The SMILES string of the molecule is O=C(OCCl)n1ccc2cccc(F)c21. The maximum absolute atomic E-state index is 13.4. The van der Waals surface area contributed by atoms with Gasteiger partial charge in [-0.1, -0.05) is 23.7 Å². The lowest BCUT2D eigenvalue weighted by atomic mass is 10.2. The summed E-state index contributed by atoms with van der Waals surface area (Å²) in [5.74, 6) is -0.468. The van der Waals surface area contributed by atoms with Gasteiger partial charge in [0.2, 0.25) is 0 Å². The number of rotatable bonds is 1. The molecule has 2 aromatic rings. The molecule has 5 heteroatoms. The number of benzene rings is 1. The summed E-state index contributed by atoms with van der Waals surface area (Å²) in [5, 5.41) is 0.640. The van der Waals surface area contributed by atoms with E-state index in [0.717, 1.165) is 4.57 Å². The smallest absolute Gasteiger partial charge is 0.419 e. The number of carbonyl (C=O) groups excluding carboxylic acids is 1. The molecule has 0 aliphatic carbocycles. The number of hydrogen-bond donors (Lipinski definition) is 0. The van der Waals surface area contributed by atoms with Crippen molar-refractivity contribution >= 4 is 28.6 Å². The summed E-state index contributed by atoms with van der Waals surface area (Å²) in [7, 11) is 0. The molecule has 0 spiro atoms. The number of halogens is 2. The fraction of sp³-hybridized carbons (Fsp3) is 0.100. The minimum absolute atomic E-state index is 0.201. The maximum atomic E-state index is 13.4. The standard InChI is InChI=1S/C10H7ClFNO2/c11-6-15-10(14)13-5-4-7-2-1-3-8(12)9(7)13/h1-5H,6H2. The summed E-state index contributed by atoms with van der Waals surface area (Å²) < 4.78 is 19.1. The number of fused-ring (bicyclic) bond motifs is 1. The lowest BCUT2D eigenvalue weighted by Gasteiger charge is -2.03. The van der Waals surface area contributed by atoms with Crippen molar-refractivity contribution in [3.63, 3.8) is 0 Å². The first-order valence-corrected chi connectivity index (χ1v) is 4.76. The third kappa shape index (κ3) is 1.68. The van der Waals surface area contributed by atoms with E-state index in [0.29, 0.717) is 5.39 Å². The van der Waals surface area contributed by atoms with E-state index in [-0.39, 0.29) is 11.6 Å². The van der Waals surface area contributed by atoms with Gasteiger partial charge in [-0.25, -0.2) is 13.8 Å². The average molecular weight is 228 g/mol. The fourth-order valence-electron chi connectivity index (χ4n) is 1.42. The Morgan fingerprint density at radius 3 is 3.00 bits per heavy atom. The van der Waals surface area contributed by atoms with Crippen molar-refractivity contribution in [1.82, 2.24) is 4.57 Å².